The second kappa shape index (κ2) is 4.04. The van der Waals surface area contributed by atoms with Crippen LogP contribution in [-0.4, -0.2) is 10.5 Å². The monoisotopic (exact) mass is 264 g/mol. The van der Waals surface area contributed by atoms with Gasteiger partial charge in [0.25, 0.3) is 0 Å². The van der Waals surface area contributed by atoms with Crippen LogP contribution in [0.25, 0.3) is 10.9 Å². The fraction of sp³-hybridized carbons (Fsp3) is 0.467. The number of aryl methyl sites for hydroxylation is 1. The van der Waals surface area contributed by atoms with Crippen LogP contribution in [0.4, 0.5) is 8.78 Å². The van der Waals surface area contributed by atoms with Gasteiger partial charge in [0.2, 0.25) is 5.92 Å². The molecule has 4 heteroatoms. The van der Waals surface area contributed by atoms with Crippen LogP contribution in [0.1, 0.15) is 31.2 Å². The fourth-order valence-electron chi connectivity index (χ4n) is 3.09. The molecule has 0 atom stereocenters. The third kappa shape index (κ3) is 2.04. The Hall–Kier alpha value is -1.42. The Balaban J connectivity index is 2.07. The van der Waals surface area contributed by atoms with Gasteiger partial charge >= 0.3 is 0 Å². The number of halogens is 2. The summed E-state index contributed by atoms with van der Waals surface area (Å²) in [4.78, 5) is 0. The molecule has 1 aromatic carbocycles. The van der Waals surface area contributed by atoms with Crippen molar-refractivity contribution in [2.45, 2.75) is 37.1 Å². The second-order valence-corrected chi connectivity index (χ2v) is 5.68. The van der Waals surface area contributed by atoms with Crippen molar-refractivity contribution in [1.29, 1.82) is 0 Å². The molecule has 0 bridgehead atoms. The Bertz CT molecular complexity index is 606. The molecule has 2 nitrogen and oxygen atoms in total. The first-order valence-electron chi connectivity index (χ1n) is 6.63. The van der Waals surface area contributed by atoms with Crippen molar-refractivity contribution in [3.8, 4) is 0 Å². The largest absolute Gasteiger partial charge is 0.350 e. The van der Waals surface area contributed by atoms with Crippen molar-refractivity contribution in [2.75, 3.05) is 0 Å². The molecule has 0 saturated heterocycles. The molecule has 0 radical (unpaired) electrons. The molecule has 19 heavy (non-hydrogen) atoms. The van der Waals surface area contributed by atoms with Crippen LogP contribution < -0.4 is 5.73 Å². The number of benzene rings is 1. The molecule has 1 heterocycles. The summed E-state index contributed by atoms with van der Waals surface area (Å²) in [5.41, 5.74) is 7.88. The van der Waals surface area contributed by atoms with Crippen LogP contribution in [0, 0.1) is 0 Å². The maximum Gasteiger partial charge on any atom is 0.248 e. The molecule has 102 valence electrons. The van der Waals surface area contributed by atoms with Crippen molar-refractivity contribution >= 4 is 10.9 Å². The number of rotatable bonds is 1. The van der Waals surface area contributed by atoms with E-state index in [-0.39, 0.29) is 12.8 Å². The van der Waals surface area contributed by atoms with Gasteiger partial charge in [-0.05, 0) is 29.9 Å². The molecule has 1 aliphatic rings. The van der Waals surface area contributed by atoms with E-state index in [1.54, 1.807) is 0 Å². The van der Waals surface area contributed by atoms with Crippen molar-refractivity contribution in [1.82, 2.24) is 4.57 Å². The van der Waals surface area contributed by atoms with E-state index in [0.717, 1.165) is 16.5 Å². The molecule has 2 N–H and O–H groups in total. The van der Waals surface area contributed by atoms with Crippen LogP contribution >= 0.6 is 0 Å². The van der Waals surface area contributed by atoms with Gasteiger partial charge in [-0.25, -0.2) is 8.78 Å². The molecule has 0 unspecified atom stereocenters. The van der Waals surface area contributed by atoms with Gasteiger partial charge in [-0.15, -0.1) is 0 Å². The van der Waals surface area contributed by atoms with Gasteiger partial charge in [-0.2, -0.15) is 0 Å². The van der Waals surface area contributed by atoms with Gasteiger partial charge in [0.1, 0.15) is 0 Å². The molecule has 3 rings (SSSR count). The van der Waals surface area contributed by atoms with Crippen molar-refractivity contribution in [3.05, 3.63) is 36.0 Å². The van der Waals surface area contributed by atoms with Crippen molar-refractivity contribution in [3.63, 3.8) is 0 Å². The lowest BCUT2D eigenvalue weighted by molar-refractivity contribution is -0.0512. The first-order valence-corrected chi connectivity index (χ1v) is 6.63. The third-order valence-corrected chi connectivity index (χ3v) is 4.31. The molecular weight excluding hydrogens is 246 g/mol. The number of hydrogen-bond donors (Lipinski definition) is 1. The number of nitrogens with zero attached hydrogens (tertiary/aromatic N) is 1. The highest BCUT2D eigenvalue weighted by molar-refractivity contribution is 5.84. The van der Waals surface area contributed by atoms with E-state index in [9.17, 15) is 8.78 Å². The molecular formula is C15H18F2N2. The van der Waals surface area contributed by atoms with Crippen LogP contribution in [0.3, 0.4) is 0 Å². The average molecular weight is 264 g/mol. The Morgan fingerprint density at radius 2 is 1.79 bits per heavy atom. The minimum absolute atomic E-state index is 0.121. The van der Waals surface area contributed by atoms with Crippen LogP contribution in [0.15, 0.2) is 30.5 Å². The van der Waals surface area contributed by atoms with Crippen molar-refractivity contribution < 1.29 is 8.78 Å². The summed E-state index contributed by atoms with van der Waals surface area (Å²) < 4.78 is 28.7. The van der Waals surface area contributed by atoms with E-state index in [2.05, 4.69) is 0 Å². The standard InChI is InChI=1S/C15H18F2N2/c1-19-10-5-11-3-2-4-12(13(11)19)14(18)6-8-15(16,17)9-7-14/h2-5,10H,6-9,18H2,1H3. The number of para-hydroxylation sites is 1. The maximum atomic E-state index is 13.3. The molecule has 2 aromatic rings. The number of aromatic nitrogens is 1. The summed E-state index contributed by atoms with van der Waals surface area (Å²) in [6, 6.07) is 7.99. The number of fused-ring (bicyclic) bond motifs is 1. The summed E-state index contributed by atoms with van der Waals surface area (Å²) in [6.45, 7) is 0. The van der Waals surface area contributed by atoms with E-state index in [4.69, 9.17) is 5.73 Å². The Kier molecular flexibility index (Phi) is 2.68. The predicted molar refractivity (Wildman–Crippen MR) is 72.2 cm³/mol. The van der Waals surface area contributed by atoms with Crippen molar-refractivity contribution in [2.24, 2.45) is 12.8 Å². The SMILES string of the molecule is Cn1ccc2cccc(C3(N)CCC(F)(F)CC3)c21. The average Bonchev–Trinajstić information content (AvgIpc) is 2.76. The number of hydrogen-bond acceptors (Lipinski definition) is 1. The van der Waals surface area contributed by atoms with E-state index in [0.29, 0.717) is 12.8 Å². The summed E-state index contributed by atoms with van der Waals surface area (Å²) in [5.74, 6) is -2.55. The first-order chi connectivity index (χ1) is 8.91. The topological polar surface area (TPSA) is 30.9 Å². The Labute approximate surface area is 111 Å². The Morgan fingerprint density at radius 1 is 1.11 bits per heavy atom. The lowest BCUT2D eigenvalue weighted by atomic mass is 9.75. The van der Waals surface area contributed by atoms with Crippen LogP contribution in [0.5, 0.6) is 0 Å². The minimum Gasteiger partial charge on any atom is -0.350 e. The maximum absolute atomic E-state index is 13.3. The normalized spacial score (nSPS) is 21.7. The molecule has 0 aliphatic heterocycles. The van der Waals surface area contributed by atoms with E-state index < -0.39 is 11.5 Å². The predicted octanol–water partition coefficient (Wildman–Crippen LogP) is 3.54. The Morgan fingerprint density at radius 3 is 2.47 bits per heavy atom. The van der Waals surface area contributed by atoms with Gasteiger partial charge in [0, 0.05) is 31.6 Å². The van der Waals surface area contributed by atoms with Gasteiger partial charge in [-0.1, -0.05) is 18.2 Å². The highest BCUT2D eigenvalue weighted by Crippen LogP contribution is 2.43. The number of alkyl halides is 2. The zero-order valence-corrected chi connectivity index (χ0v) is 11.0. The minimum atomic E-state index is -2.55. The second-order valence-electron chi connectivity index (χ2n) is 5.68. The molecule has 1 saturated carbocycles. The molecule has 1 aliphatic carbocycles. The van der Waals surface area contributed by atoms with Gasteiger partial charge in [0.15, 0.2) is 0 Å². The molecule has 1 aromatic heterocycles. The third-order valence-electron chi connectivity index (χ3n) is 4.31. The van der Waals surface area contributed by atoms with Gasteiger partial charge in [-0.3, -0.25) is 0 Å². The highest BCUT2D eigenvalue weighted by atomic mass is 19.3. The summed E-state index contributed by atoms with van der Waals surface area (Å²) >= 11 is 0. The smallest absolute Gasteiger partial charge is 0.248 e. The highest BCUT2D eigenvalue weighted by Gasteiger charge is 2.42. The first kappa shape index (κ1) is 12.6. The summed E-state index contributed by atoms with van der Waals surface area (Å²) in [5, 5.41) is 1.11. The van der Waals surface area contributed by atoms with Crippen LogP contribution in [-0.2, 0) is 12.6 Å². The molecule has 0 spiro atoms. The zero-order chi connectivity index (χ0) is 13.7. The van der Waals surface area contributed by atoms with Crippen LogP contribution in [0.2, 0.25) is 0 Å². The van der Waals surface area contributed by atoms with Gasteiger partial charge < -0.3 is 10.3 Å². The van der Waals surface area contributed by atoms with E-state index in [1.807, 2.05) is 42.1 Å². The molecule has 1 fully saturated rings. The lowest BCUT2D eigenvalue weighted by Crippen LogP contribution is -2.43. The molecule has 0 amide bonds. The summed E-state index contributed by atoms with van der Waals surface area (Å²) in [7, 11) is 1.96. The van der Waals surface area contributed by atoms with Gasteiger partial charge in [0.05, 0.1) is 5.52 Å². The lowest BCUT2D eigenvalue weighted by Gasteiger charge is -2.38. The summed E-state index contributed by atoms with van der Waals surface area (Å²) in [6.07, 6.45) is 2.41. The zero-order valence-electron chi connectivity index (χ0n) is 11.0. The quantitative estimate of drug-likeness (QED) is 0.839. The number of nitrogens with two attached hydrogens (primary N) is 1. The van der Waals surface area contributed by atoms with E-state index in [1.165, 1.54) is 0 Å². The van der Waals surface area contributed by atoms with E-state index >= 15 is 0 Å². The fourth-order valence-corrected chi connectivity index (χ4v) is 3.09.